The number of esters is 4. The molecule has 8 heteroatoms. The SMILES string of the molecule is C=CC(=O)OC(COC(=O)C(=C)C)(OC(=O)C=C)OC(=O)C=C. The van der Waals surface area contributed by atoms with Gasteiger partial charge in [-0.1, -0.05) is 26.3 Å². The second kappa shape index (κ2) is 8.98. The number of rotatable bonds is 9. The number of carbonyl (C=O) groups excluding carboxylic acids is 4. The summed E-state index contributed by atoms with van der Waals surface area (Å²) >= 11 is 0. The molecule has 0 atom stereocenters. The maximum Gasteiger partial charge on any atom is 0.460 e. The normalized spacial score (nSPS) is 9.78. The third-order valence-corrected chi connectivity index (χ3v) is 2.00. The van der Waals surface area contributed by atoms with E-state index in [1.165, 1.54) is 6.92 Å². The van der Waals surface area contributed by atoms with Crippen molar-refractivity contribution in [3.63, 3.8) is 0 Å². The Morgan fingerprint density at radius 2 is 1.22 bits per heavy atom. The van der Waals surface area contributed by atoms with E-state index in [-0.39, 0.29) is 5.57 Å². The molecule has 0 aliphatic heterocycles. The average Bonchev–Trinajstić information content (AvgIpc) is 2.51. The molecule has 0 unspecified atom stereocenters. The second-order valence-corrected chi connectivity index (χ2v) is 3.92. The Labute approximate surface area is 132 Å². The van der Waals surface area contributed by atoms with Crippen LogP contribution in [0.1, 0.15) is 6.92 Å². The lowest BCUT2D eigenvalue weighted by atomic mass is 10.4. The highest BCUT2D eigenvalue weighted by molar-refractivity contribution is 5.87. The Kier molecular flexibility index (Phi) is 7.75. The molecule has 0 radical (unpaired) electrons. The number of carbonyl (C=O) groups is 4. The van der Waals surface area contributed by atoms with Crippen LogP contribution in [0.15, 0.2) is 50.1 Å². The van der Waals surface area contributed by atoms with Crippen molar-refractivity contribution in [1.82, 2.24) is 0 Å². The molecule has 23 heavy (non-hydrogen) atoms. The molecule has 0 aromatic carbocycles. The van der Waals surface area contributed by atoms with Crippen molar-refractivity contribution in [1.29, 1.82) is 0 Å². The first-order valence-corrected chi connectivity index (χ1v) is 6.08. The molecule has 0 aromatic heterocycles. The molecule has 0 aliphatic rings. The van der Waals surface area contributed by atoms with Gasteiger partial charge in [-0.3, -0.25) is 0 Å². The molecule has 124 valence electrons. The molecule has 0 saturated carbocycles. The zero-order valence-corrected chi connectivity index (χ0v) is 12.5. The topological polar surface area (TPSA) is 105 Å². The second-order valence-electron chi connectivity index (χ2n) is 3.92. The summed E-state index contributed by atoms with van der Waals surface area (Å²) < 4.78 is 18.9. The minimum Gasteiger partial charge on any atom is -0.449 e. The Bertz CT molecular complexity index is 503. The van der Waals surface area contributed by atoms with Crippen LogP contribution in [0.2, 0.25) is 0 Å². The Balaban J connectivity index is 5.57. The first-order valence-electron chi connectivity index (χ1n) is 6.08. The summed E-state index contributed by atoms with van der Waals surface area (Å²) in [5.74, 6) is -6.87. The van der Waals surface area contributed by atoms with Crippen LogP contribution in [-0.2, 0) is 38.1 Å². The smallest absolute Gasteiger partial charge is 0.449 e. The van der Waals surface area contributed by atoms with E-state index >= 15 is 0 Å². The summed E-state index contributed by atoms with van der Waals surface area (Å²) in [6, 6.07) is 0. The third kappa shape index (κ3) is 6.89. The van der Waals surface area contributed by atoms with Gasteiger partial charge in [-0.2, -0.15) is 0 Å². The van der Waals surface area contributed by atoms with Crippen LogP contribution in [0, 0.1) is 0 Å². The number of hydrogen-bond donors (Lipinski definition) is 0. The molecule has 0 aromatic rings. The van der Waals surface area contributed by atoms with Crippen molar-refractivity contribution in [3.8, 4) is 0 Å². The van der Waals surface area contributed by atoms with E-state index in [4.69, 9.17) is 18.9 Å². The molecule has 0 fully saturated rings. The van der Waals surface area contributed by atoms with Crippen LogP contribution >= 0.6 is 0 Å². The van der Waals surface area contributed by atoms with E-state index in [0.717, 1.165) is 18.2 Å². The van der Waals surface area contributed by atoms with Gasteiger partial charge in [0.2, 0.25) is 6.61 Å². The van der Waals surface area contributed by atoms with E-state index in [0.29, 0.717) is 0 Å². The van der Waals surface area contributed by atoms with Crippen LogP contribution in [0.3, 0.4) is 0 Å². The van der Waals surface area contributed by atoms with Crippen LogP contribution in [0.5, 0.6) is 0 Å². The van der Waals surface area contributed by atoms with Crippen molar-refractivity contribution >= 4 is 23.9 Å². The quantitative estimate of drug-likeness (QED) is 0.350. The molecule has 0 spiro atoms. The number of ether oxygens (including phenoxy) is 4. The van der Waals surface area contributed by atoms with E-state index in [9.17, 15) is 19.2 Å². The first kappa shape index (κ1) is 19.8. The Hall–Kier alpha value is -3.16. The molecular formula is C15H16O8. The van der Waals surface area contributed by atoms with E-state index < -0.39 is 36.5 Å². The lowest BCUT2D eigenvalue weighted by Gasteiger charge is -2.29. The highest BCUT2D eigenvalue weighted by Crippen LogP contribution is 2.19. The molecule has 0 aliphatic carbocycles. The van der Waals surface area contributed by atoms with Crippen LogP contribution in [-0.4, -0.2) is 36.5 Å². The zero-order chi connectivity index (χ0) is 18.0. The van der Waals surface area contributed by atoms with E-state index in [2.05, 4.69) is 26.3 Å². The van der Waals surface area contributed by atoms with Gasteiger partial charge in [-0.15, -0.1) is 0 Å². The van der Waals surface area contributed by atoms with Gasteiger partial charge in [0.15, 0.2) is 0 Å². The first-order chi connectivity index (χ1) is 10.7. The minimum absolute atomic E-state index is 0.0130. The van der Waals surface area contributed by atoms with Gasteiger partial charge in [0.25, 0.3) is 0 Å². The highest BCUT2D eigenvalue weighted by Gasteiger charge is 2.44. The summed E-state index contributed by atoms with van der Waals surface area (Å²) in [7, 11) is 0. The van der Waals surface area contributed by atoms with Crippen LogP contribution in [0.4, 0.5) is 0 Å². The third-order valence-electron chi connectivity index (χ3n) is 2.00. The standard InChI is InChI=1S/C15H16O8/c1-6-11(16)21-15(22-12(17)7-2,23-13(18)8-3)9-20-14(19)10(4)5/h6-8H,1-4,9H2,5H3. The van der Waals surface area contributed by atoms with E-state index in [1.54, 1.807) is 0 Å². The lowest BCUT2D eigenvalue weighted by molar-refractivity contribution is -0.336. The van der Waals surface area contributed by atoms with Crippen molar-refractivity contribution in [2.45, 2.75) is 12.9 Å². The summed E-state index contributed by atoms with van der Waals surface area (Å²) in [6.07, 6.45) is 2.16. The predicted octanol–water partition coefficient (Wildman–Crippen LogP) is 0.947. The molecule has 8 nitrogen and oxygen atoms in total. The van der Waals surface area contributed by atoms with Crippen molar-refractivity contribution in [3.05, 3.63) is 50.1 Å². The highest BCUT2D eigenvalue weighted by atomic mass is 16.9. The molecule has 0 heterocycles. The van der Waals surface area contributed by atoms with Crippen LogP contribution in [0.25, 0.3) is 0 Å². The van der Waals surface area contributed by atoms with Gasteiger partial charge in [0, 0.05) is 23.8 Å². The van der Waals surface area contributed by atoms with E-state index in [1.807, 2.05) is 0 Å². The number of hydrogen-bond acceptors (Lipinski definition) is 8. The maximum absolute atomic E-state index is 11.5. The van der Waals surface area contributed by atoms with Gasteiger partial charge in [0.1, 0.15) is 0 Å². The zero-order valence-electron chi connectivity index (χ0n) is 12.5. The van der Waals surface area contributed by atoms with Gasteiger partial charge in [-0.25, -0.2) is 19.2 Å². The largest absolute Gasteiger partial charge is 0.460 e. The molecule has 0 amide bonds. The fraction of sp³-hybridized carbons (Fsp3) is 0.200. The average molecular weight is 324 g/mol. The fourth-order valence-corrected chi connectivity index (χ4v) is 1.01. The van der Waals surface area contributed by atoms with Crippen LogP contribution < -0.4 is 0 Å². The predicted molar refractivity (Wildman–Crippen MR) is 77.4 cm³/mol. The summed E-state index contributed by atoms with van der Waals surface area (Å²) in [6.45, 7) is 13.2. The Morgan fingerprint density at radius 3 is 1.48 bits per heavy atom. The van der Waals surface area contributed by atoms with Crippen molar-refractivity contribution in [2.75, 3.05) is 6.61 Å². The maximum atomic E-state index is 11.5. The van der Waals surface area contributed by atoms with Gasteiger partial charge < -0.3 is 18.9 Å². The monoisotopic (exact) mass is 324 g/mol. The van der Waals surface area contributed by atoms with Gasteiger partial charge >= 0.3 is 29.9 Å². The van der Waals surface area contributed by atoms with Crippen molar-refractivity contribution < 1.29 is 38.1 Å². The molecule has 0 bridgehead atoms. The molecular weight excluding hydrogens is 308 g/mol. The summed E-state index contributed by atoms with van der Waals surface area (Å²) in [4.78, 5) is 45.7. The summed E-state index contributed by atoms with van der Waals surface area (Å²) in [5, 5.41) is 0. The Morgan fingerprint density at radius 1 is 0.870 bits per heavy atom. The molecule has 0 N–H and O–H groups in total. The van der Waals surface area contributed by atoms with Gasteiger partial charge in [0.05, 0.1) is 0 Å². The minimum atomic E-state index is -2.66. The molecule has 0 saturated heterocycles. The van der Waals surface area contributed by atoms with Crippen molar-refractivity contribution in [2.24, 2.45) is 0 Å². The fourth-order valence-electron chi connectivity index (χ4n) is 1.01. The lowest BCUT2D eigenvalue weighted by Crippen LogP contribution is -2.48. The molecule has 0 rings (SSSR count). The summed E-state index contributed by atoms with van der Waals surface area (Å²) in [5.41, 5.74) is 0.0130. The van der Waals surface area contributed by atoms with Gasteiger partial charge in [-0.05, 0) is 6.92 Å².